The van der Waals surface area contributed by atoms with Crippen molar-refractivity contribution in [3.05, 3.63) is 42.4 Å². The van der Waals surface area contributed by atoms with Crippen molar-refractivity contribution in [2.75, 3.05) is 11.9 Å². The van der Waals surface area contributed by atoms with Crippen LogP contribution < -0.4 is 5.32 Å². The van der Waals surface area contributed by atoms with E-state index in [0.717, 1.165) is 35.6 Å². The van der Waals surface area contributed by atoms with Gasteiger partial charge in [0.1, 0.15) is 0 Å². The second kappa shape index (κ2) is 5.43. The highest BCUT2D eigenvalue weighted by Gasteiger charge is 2.00. The van der Waals surface area contributed by atoms with Gasteiger partial charge in [-0.25, -0.2) is 0 Å². The van der Waals surface area contributed by atoms with E-state index < -0.39 is 0 Å². The number of anilines is 1. The van der Waals surface area contributed by atoms with Crippen LogP contribution in [0.1, 0.15) is 19.0 Å². The zero-order valence-corrected chi connectivity index (χ0v) is 10.3. The van der Waals surface area contributed by atoms with Crippen molar-refractivity contribution in [1.82, 2.24) is 9.97 Å². The largest absolute Gasteiger partial charge is 0.385 e. The molecule has 2 heterocycles. The Morgan fingerprint density at radius 2 is 2.06 bits per heavy atom. The minimum Gasteiger partial charge on any atom is -0.385 e. The van der Waals surface area contributed by atoms with E-state index in [2.05, 4.69) is 28.3 Å². The summed E-state index contributed by atoms with van der Waals surface area (Å²) in [7, 11) is 0. The summed E-state index contributed by atoms with van der Waals surface area (Å²) in [5.41, 5.74) is 4.14. The average molecular weight is 227 g/mol. The molecule has 2 aromatic heterocycles. The van der Waals surface area contributed by atoms with Crippen LogP contribution in [0.5, 0.6) is 0 Å². The van der Waals surface area contributed by atoms with Crippen LogP contribution in [0.4, 0.5) is 5.69 Å². The number of nitrogens with one attached hydrogen (secondary N) is 1. The maximum atomic E-state index is 4.37. The van der Waals surface area contributed by atoms with Gasteiger partial charge in [0.25, 0.3) is 0 Å². The van der Waals surface area contributed by atoms with Gasteiger partial charge in [0.05, 0.1) is 5.69 Å². The number of pyridine rings is 2. The fourth-order valence-corrected chi connectivity index (χ4v) is 1.59. The molecule has 0 saturated carbocycles. The van der Waals surface area contributed by atoms with Crippen LogP contribution in [0.3, 0.4) is 0 Å². The summed E-state index contributed by atoms with van der Waals surface area (Å²) < 4.78 is 0. The minimum absolute atomic E-state index is 0.957. The van der Waals surface area contributed by atoms with E-state index in [9.17, 15) is 0 Å². The Kier molecular flexibility index (Phi) is 3.70. The highest BCUT2D eigenvalue weighted by atomic mass is 14.9. The first kappa shape index (κ1) is 11.6. The first-order chi connectivity index (χ1) is 8.29. The number of hydrogen-bond acceptors (Lipinski definition) is 3. The molecule has 0 aliphatic rings. The monoisotopic (exact) mass is 227 g/mol. The molecule has 2 rings (SSSR count). The van der Waals surface area contributed by atoms with E-state index in [0.29, 0.717) is 0 Å². The number of nitrogens with zero attached hydrogens (tertiary/aromatic N) is 2. The Bertz CT molecular complexity index is 477. The highest BCUT2D eigenvalue weighted by Crippen LogP contribution is 2.19. The van der Waals surface area contributed by atoms with E-state index >= 15 is 0 Å². The lowest BCUT2D eigenvalue weighted by atomic mass is 10.1. The van der Waals surface area contributed by atoms with Gasteiger partial charge in [0.15, 0.2) is 0 Å². The van der Waals surface area contributed by atoms with E-state index in [1.807, 2.05) is 37.5 Å². The normalized spacial score (nSPS) is 10.2. The molecule has 0 fully saturated rings. The summed E-state index contributed by atoms with van der Waals surface area (Å²) in [4.78, 5) is 8.65. The fourth-order valence-electron chi connectivity index (χ4n) is 1.59. The van der Waals surface area contributed by atoms with Crippen LogP contribution >= 0.6 is 0 Å². The Morgan fingerprint density at radius 3 is 2.76 bits per heavy atom. The zero-order valence-electron chi connectivity index (χ0n) is 10.3. The molecule has 17 heavy (non-hydrogen) atoms. The molecule has 0 amide bonds. The fraction of sp³-hybridized carbons (Fsp3) is 0.286. The first-order valence-corrected chi connectivity index (χ1v) is 5.92. The molecule has 0 aliphatic carbocycles. The van der Waals surface area contributed by atoms with Crippen molar-refractivity contribution in [2.24, 2.45) is 0 Å². The van der Waals surface area contributed by atoms with Gasteiger partial charge in [-0.2, -0.15) is 0 Å². The van der Waals surface area contributed by atoms with Crippen LogP contribution in [0, 0.1) is 6.92 Å². The zero-order chi connectivity index (χ0) is 12.1. The SMILES string of the molecule is CCCNc1ccnc(-c2ccc(C)nc2)c1. The molecule has 1 N–H and O–H groups in total. The van der Waals surface area contributed by atoms with Gasteiger partial charge in [0, 0.05) is 35.9 Å². The number of aromatic nitrogens is 2. The lowest BCUT2D eigenvalue weighted by Crippen LogP contribution is -2.00. The van der Waals surface area contributed by atoms with Crippen LogP contribution in [0.2, 0.25) is 0 Å². The average Bonchev–Trinajstić information content (AvgIpc) is 2.37. The molecule has 0 saturated heterocycles. The molecule has 0 spiro atoms. The summed E-state index contributed by atoms with van der Waals surface area (Å²) in [6, 6.07) is 8.10. The molecular weight excluding hydrogens is 210 g/mol. The smallest absolute Gasteiger partial charge is 0.0737 e. The quantitative estimate of drug-likeness (QED) is 0.871. The lowest BCUT2D eigenvalue weighted by Gasteiger charge is -2.06. The topological polar surface area (TPSA) is 37.8 Å². The van der Waals surface area contributed by atoms with Crippen molar-refractivity contribution < 1.29 is 0 Å². The maximum absolute atomic E-state index is 4.37. The van der Waals surface area contributed by atoms with Gasteiger partial charge in [-0.1, -0.05) is 6.92 Å². The van der Waals surface area contributed by atoms with Crippen molar-refractivity contribution in [3.8, 4) is 11.3 Å². The molecule has 0 aliphatic heterocycles. The van der Waals surface area contributed by atoms with Crippen molar-refractivity contribution in [1.29, 1.82) is 0 Å². The van der Waals surface area contributed by atoms with E-state index in [1.165, 1.54) is 0 Å². The molecular formula is C14H17N3. The van der Waals surface area contributed by atoms with Crippen molar-refractivity contribution in [2.45, 2.75) is 20.3 Å². The van der Waals surface area contributed by atoms with Gasteiger partial charge in [-0.3, -0.25) is 9.97 Å². The summed E-state index contributed by atoms with van der Waals surface area (Å²) in [5, 5.41) is 3.36. The van der Waals surface area contributed by atoms with Gasteiger partial charge < -0.3 is 5.32 Å². The third-order valence-electron chi connectivity index (χ3n) is 2.55. The number of rotatable bonds is 4. The summed E-state index contributed by atoms with van der Waals surface area (Å²) in [5.74, 6) is 0. The standard InChI is InChI=1S/C14H17N3/c1-3-7-15-13-6-8-16-14(9-13)12-5-4-11(2)17-10-12/h4-6,8-10H,3,7H2,1-2H3,(H,15,16). The Labute approximate surface area is 102 Å². The third kappa shape index (κ3) is 3.03. The summed E-state index contributed by atoms with van der Waals surface area (Å²) in [6.07, 6.45) is 4.80. The summed E-state index contributed by atoms with van der Waals surface area (Å²) in [6.45, 7) is 5.12. The molecule has 3 nitrogen and oxygen atoms in total. The lowest BCUT2D eigenvalue weighted by molar-refractivity contribution is 0.979. The molecule has 2 aromatic rings. The van der Waals surface area contributed by atoms with E-state index in [1.54, 1.807) is 0 Å². The van der Waals surface area contributed by atoms with Gasteiger partial charge in [-0.05, 0) is 37.6 Å². The van der Waals surface area contributed by atoms with Gasteiger partial charge in [0.2, 0.25) is 0 Å². The van der Waals surface area contributed by atoms with Crippen LogP contribution in [-0.2, 0) is 0 Å². The van der Waals surface area contributed by atoms with Crippen LogP contribution in [0.15, 0.2) is 36.7 Å². The Balaban J connectivity index is 2.23. The van der Waals surface area contributed by atoms with Crippen molar-refractivity contribution in [3.63, 3.8) is 0 Å². The minimum atomic E-state index is 0.957. The van der Waals surface area contributed by atoms with Crippen LogP contribution in [0.25, 0.3) is 11.3 Å². The number of aryl methyl sites for hydroxylation is 1. The van der Waals surface area contributed by atoms with Gasteiger partial charge >= 0.3 is 0 Å². The second-order valence-corrected chi connectivity index (χ2v) is 4.04. The molecule has 0 aromatic carbocycles. The Hall–Kier alpha value is -1.90. The summed E-state index contributed by atoms with van der Waals surface area (Å²) >= 11 is 0. The highest BCUT2D eigenvalue weighted by molar-refractivity contribution is 5.63. The third-order valence-corrected chi connectivity index (χ3v) is 2.55. The van der Waals surface area contributed by atoms with E-state index in [-0.39, 0.29) is 0 Å². The molecule has 0 bridgehead atoms. The predicted molar refractivity (Wildman–Crippen MR) is 71.0 cm³/mol. The second-order valence-electron chi connectivity index (χ2n) is 4.04. The van der Waals surface area contributed by atoms with E-state index in [4.69, 9.17) is 0 Å². The predicted octanol–water partition coefficient (Wildman–Crippen LogP) is 3.27. The molecule has 3 heteroatoms. The maximum Gasteiger partial charge on any atom is 0.0737 e. The molecule has 0 atom stereocenters. The molecule has 0 unspecified atom stereocenters. The Morgan fingerprint density at radius 1 is 1.18 bits per heavy atom. The molecule has 88 valence electrons. The molecule has 0 radical (unpaired) electrons. The van der Waals surface area contributed by atoms with Gasteiger partial charge in [-0.15, -0.1) is 0 Å². The number of hydrogen-bond donors (Lipinski definition) is 1. The van der Waals surface area contributed by atoms with Crippen LogP contribution in [-0.4, -0.2) is 16.5 Å². The first-order valence-electron chi connectivity index (χ1n) is 5.92. The van der Waals surface area contributed by atoms with Crippen molar-refractivity contribution >= 4 is 5.69 Å².